The fourth-order valence-corrected chi connectivity index (χ4v) is 10.4. The van der Waals surface area contributed by atoms with Crippen LogP contribution >= 0.6 is 11.6 Å². The molecule has 7 heterocycles. The third-order valence-electron chi connectivity index (χ3n) is 14.0. The van der Waals surface area contributed by atoms with Gasteiger partial charge in [-0.1, -0.05) is 48.0 Å². The minimum absolute atomic E-state index is 0.0246. The highest BCUT2D eigenvalue weighted by Crippen LogP contribution is 2.40. The number of aliphatic hydroxyl groups is 1. The smallest absolute Gasteiger partial charge is 0.416 e. The van der Waals surface area contributed by atoms with Gasteiger partial charge in [0, 0.05) is 77.9 Å². The maximum Gasteiger partial charge on any atom is 0.416 e. The summed E-state index contributed by atoms with van der Waals surface area (Å²) in [5, 5.41) is 16.8. The van der Waals surface area contributed by atoms with Crippen molar-refractivity contribution in [1.29, 1.82) is 0 Å². The maximum atomic E-state index is 14.1. The van der Waals surface area contributed by atoms with Crippen molar-refractivity contribution in [3.05, 3.63) is 105 Å². The Hall–Kier alpha value is -7.14. The average Bonchev–Trinajstić information content (AvgIpc) is 4.08. The third-order valence-corrected chi connectivity index (χ3v) is 14.3. The number of amides is 2. The first-order valence-corrected chi connectivity index (χ1v) is 25.4. The molecule has 0 aliphatic carbocycles. The largest absolute Gasteiger partial charge is 0.495 e. The summed E-state index contributed by atoms with van der Waals surface area (Å²) in [6, 6.07) is 15.8. The van der Waals surface area contributed by atoms with Crippen molar-refractivity contribution in [2.24, 2.45) is 0 Å². The highest BCUT2D eigenvalue weighted by molar-refractivity contribution is 6.32. The zero-order valence-corrected chi connectivity index (χ0v) is 42.4. The van der Waals surface area contributed by atoms with Gasteiger partial charge in [-0.05, 0) is 73.6 Å². The number of benzene rings is 3. The summed E-state index contributed by atoms with van der Waals surface area (Å²) in [6.07, 6.45) is -5.81. The molecule has 404 valence electrons. The number of hydrogen-bond acceptors (Lipinski definition) is 15. The molecular formula is C52H56ClF6N11O6. The van der Waals surface area contributed by atoms with Gasteiger partial charge in [0.2, 0.25) is 17.8 Å². The van der Waals surface area contributed by atoms with Crippen LogP contribution in [0.1, 0.15) is 82.0 Å². The zero-order chi connectivity index (χ0) is 53.9. The maximum absolute atomic E-state index is 14.1. The van der Waals surface area contributed by atoms with Crippen molar-refractivity contribution in [3.63, 3.8) is 0 Å². The number of nitrogens with zero attached hydrogens (tertiary/aromatic N) is 9. The van der Waals surface area contributed by atoms with E-state index in [0.717, 1.165) is 44.3 Å². The van der Waals surface area contributed by atoms with Crippen LogP contribution < -0.4 is 30.1 Å². The Morgan fingerprint density at radius 3 is 2.20 bits per heavy atom. The van der Waals surface area contributed by atoms with Crippen molar-refractivity contribution in [2.45, 2.75) is 76.6 Å². The molecule has 0 spiro atoms. The predicted molar refractivity (Wildman–Crippen MR) is 272 cm³/mol. The number of aromatic nitrogens is 4. The summed E-state index contributed by atoms with van der Waals surface area (Å²) in [4.78, 5) is 66.9. The van der Waals surface area contributed by atoms with Gasteiger partial charge in [-0.15, -0.1) is 0 Å². The van der Waals surface area contributed by atoms with Gasteiger partial charge in [0.25, 0.3) is 5.91 Å². The number of methoxy groups -OCH3 is 1. The number of aliphatic hydroxyl groups excluding tert-OH is 1. The number of anilines is 5. The normalized spacial score (nSPS) is 18.8. The van der Waals surface area contributed by atoms with E-state index in [1.807, 2.05) is 28.0 Å². The number of carbonyl (C=O) groups is 3. The summed E-state index contributed by atoms with van der Waals surface area (Å²) in [6.45, 7) is 5.68. The average molecular weight is 1080 g/mol. The van der Waals surface area contributed by atoms with Gasteiger partial charge in [-0.2, -0.15) is 41.3 Å². The van der Waals surface area contributed by atoms with E-state index in [1.165, 1.54) is 11.8 Å². The number of rotatable bonds is 10. The molecule has 3 fully saturated rings. The molecule has 17 nitrogen and oxygen atoms in total. The number of cyclic esters (lactones) is 1. The lowest BCUT2D eigenvalue weighted by molar-refractivity contribution is -0.143. The summed E-state index contributed by atoms with van der Waals surface area (Å²) >= 11 is 6.29. The molecule has 0 bridgehead atoms. The Bertz CT molecular complexity index is 2910. The van der Waals surface area contributed by atoms with E-state index in [1.54, 1.807) is 42.3 Å². The lowest BCUT2D eigenvalue weighted by Gasteiger charge is -2.35. The van der Waals surface area contributed by atoms with E-state index in [9.17, 15) is 45.8 Å². The van der Waals surface area contributed by atoms with Crippen molar-refractivity contribution in [1.82, 2.24) is 29.7 Å². The van der Waals surface area contributed by atoms with Crippen LogP contribution in [0.15, 0.2) is 66.7 Å². The van der Waals surface area contributed by atoms with Crippen LogP contribution in [0.25, 0.3) is 11.3 Å². The Labute approximate surface area is 439 Å². The van der Waals surface area contributed by atoms with Crippen LogP contribution in [0.3, 0.4) is 0 Å². The van der Waals surface area contributed by atoms with Gasteiger partial charge in [0.15, 0.2) is 5.82 Å². The second kappa shape index (κ2) is 22.6. The van der Waals surface area contributed by atoms with E-state index < -0.39 is 41.9 Å². The van der Waals surface area contributed by atoms with Gasteiger partial charge >= 0.3 is 18.3 Å². The van der Waals surface area contributed by atoms with Crippen LogP contribution in [0.4, 0.5) is 55.7 Å². The summed E-state index contributed by atoms with van der Waals surface area (Å²) in [5.74, 6) is 1.65. The second-order valence-electron chi connectivity index (χ2n) is 19.0. The number of fused-ring (bicyclic) bond motifs is 4. The minimum atomic E-state index is -5.01. The molecule has 3 aromatic carbocycles. The second-order valence-corrected chi connectivity index (χ2v) is 19.4. The highest BCUT2D eigenvalue weighted by Gasteiger charge is 2.40. The van der Waals surface area contributed by atoms with Gasteiger partial charge in [0.05, 0.1) is 47.6 Å². The molecule has 0 radical (unpaired) electrons. The van der Waals surface area contributed by atoms with Crippen molar-refractivity contribution < 1.29 is 55.3 Å². The number of esters is 1. The molecule has 0 unspecified atom stereocenters. The number of nitrogens with one attached hydrogen (secondary N) is 2. The molecule has 5 aliphatic heterocycles. The van der Waals surface area contributed by atoms with Crippen LogP contribution in [0.2, 0.25) is 5.02 Å². The number of alkyl halides is 6. The molecule has 3 saturated heterocycles. The van der Waals surface area contributed by atoms with E-state index in [4.69, 9.17) is 36.0 Å². The molecule has 5 aromatic rings. The van der Waals surface area contributed by atoms with Crippen molar-refractivity contribution in [2.75, 3.05) is 98.0 Å². The molecule has 5 aliphatic rings. The SMILES string of the molecule is CC(=O)N1CCN(c2nc3c(c(-c4ccccc4)n2)C(=O)N(Cc2cc(C(F)(F)F)cc(C(F)(F)F)c2)CCCN3)CC1.COc1ccc(CNc2nc(N3CCC[C@H]3CO)nc3c2C(=O)OC[C@H]2CCCN32)cc1Cl. The number of ether oxygens (including phenoxy) is 2. The number of halogens is 7. The first-order valence-electron chi connectivity index (χ1n) is 25.0. The molecule has 76 heavy (non-hydrogen) atoms. The number of carbonyl (C=O) groups excluding carboxylic acids is 3. The van der Waals surface area contributed by atoms with Crippen LogP contribution in [-0.2, 0) is 35.0 Å². The fraction of sp³-hybridized carbons (Fsp3) is 0.442. The summed E-state index contributed by atoms with van der Waals surface area (Å²) in [7, 11) is 1.58. The molecular weight excluding hydrogens is 1020 g/mol. The van der Waals surface area contributed by atoms with Crippen molar-refractivity contribution in [3.8, 4) is 17.0 Å². The third kappa shape index (κ3) is 11.8. The monoisotopic (exact) mass is 1080 g/mol. The predicted octanol–water partition coefficient (Wildman–Crippen LogP) is 8.16. The van der Waals surface area contributed by atoms with Crippen LogP contribution in [0, 0.1) is 0 Å². The van der Waals surface area contributed by atoms with Gasteiger partial charge in [0.1, 0.15) is 35.1 Å². The Morgan fingerprint density at radius 2 is 1.53 bits per heavy atom. The molecule has 0 saturated carbocycles. The first-order chi connectivity index (χ1) is 36.4. The first kappa shape index (κ1) is 53.7. The topological polar surface area (TPSA) is 182 Å². The van der Waals surface area contributed by atoms with Crippen molar-refractivity contribution >= 4 is 58.7 Å². The van der Waals surface area contributed by atoms with Gasteiger partial charge in [-0.3, -0.25) is 9.59 Å². The lowest BCUT2D eigenvalue weighted by Crippen LogP contribution is -2.48. The standard InChI is InChI=1S/C29H28F6N6O2.C23H28ClN5O4/c1-18(42)39-10-12-40(13-11-39)27-37-24(20-6-3-2-4-7-20)23-25(38-27)36-8-5-9-41(26(23)43)17-19-14-21(28(30,31)32)16-22(15-19)29(33,34)35;1-32-18-7-6-14(10-17(18)24)11-25-20-19-21(28-8-3-5-16(28)13-33-22(19)31)27-23(26-20)29-9-2-4-15(29)12-30/h2-4,6-7,14-16H,5,8-13,17H2,1H3,(H,36,37,38);6-7,10,15-16,30H,2-5,8-9,11-13H2,1H3,(H,25,26,27)/t;15-,16+/m.0/s1. The number of hydrogen-bond donors (Lipinski definition) is 3. The van der Waals surface area contributed by atoms with Crippen LogP contribution in [-0.4, -0.2) is 137 Å². The van der Waals surface area contributed by atoms with E-state index in [-0.39, 0.29) is 59.8 Å². The number of piperazine rings is 1. The summed E-state index contributed by atoms with van der Waals surface area (Å²) in [5.41, 5.74) is -0.971. The molecule has 2 amide bonds. The summed E-state index contributed by atoms with van der Waals surface area (Å²) < 4.78 is 91.9. The van der Waals surface area contributed by atoms with Gasteiger partial charge in [-0.25, -0.2) is 9.78 Å². The Balaban J connectivity index is 0.000000192. The Morgan fingerprint density at radius 1 is 0.816 bits per heavy atom. The van der Waals surface area contributed by atoms with E-state index >= 15 is 0 Å². The highest BCUT2D eigenvalue weighted by atomic mass is 35.5. The van der Waals surface area contributed by atoms with E-state index in [0.29, 0.717) is 110 Å². The van der Waals surface area contributed by atoms with E-state index in [2.05, 4.69) is 20.5 Å². The molecule has 10 rings (SSSR count). The fourth-order valence-electron chi connectivity index (χ4n) is 10.1. The quantitative estimate of drug-likeness (QED) is 0.0900. The minimum Gasteiger partial charge on any atom is -0.495 e. The van der Waals surface area contributed by atoms with Gasteiger partial charge < -0.3 is 49.7 Å². The molecule has 2 aromatic heterocycles. The zero-order valence-electron chi connectivity index (χ0n) is 41.7. The molecule has 24 heteroatoms. The Kier molecular flexibility index (Phi) is 16.0. The lowest BCUT2D eigenvalue weighted by atomic mass is 10.0. The van der Waals surface area contributed by atoms with Crippen LogP contribution in [0.5, 0.6) is 5.75 Å². The molecule has 3 N–H and O–H groups in total. The molecule has 2 atom stereocenters.